The van der Waals surface area contributed by atoms with Crippen molar-refractivity contribution in [1.29, 1.82) is 0 Å². The molecular weight excluding hydrogens is 605 g/mol. The largest absolute Gasteiger partial charge is 0.496 e. The molecule has 0 radical (unpaired) electrons. The normalized spacial score (nSPS) is 17.8. The number of nitrogens with zero attached hydrogens (tertiary/aromatic N) is 2. The van der Waals surface area contributed by atoms with Crippen molar-refractivity contribution in [3.63, 3.8) is 0 Å². The number of nitrogens with one attached hydrogen (secondary N) is 1. The van der Waals surface area contributed by atoms with Gasteiger partial charge in [-0.05, 0) is 43.5 Å². The molecule has 0 spiro atoms. The van der Waals surface area contributed by atoms with Crippen LogP contribution in [0.1, 0.15) is 33.8 Å². The second kappa shape index (κ2) is 14.4. The number of nitrogens with two attached hydrogens (primary N) is 1. The summed E-state index contributed by atoms with van der Waals surface area (Å²) in [5, 5.41) is 17.3. The number of hydrogen-bond donors (Lipinski definition) is 3. The van der Waals surface area contributed by atoms with E-state index in [0.717, 1.165) is 28.4 Å². The molecule has 2 aromatic carbocycles. The predicted molar refractivity (Wildman–Crippen MR) is 166 cm³/mol. The number of primary amides is 1. The van der Waals surface area contributed by atoms with Gasteiger partial charge in [0.15, 0.2) is 0 Å². The van der Waals surface area contributed by atoms with E-state index >= 15 is 0 Å². The summed E-state index contributed by atoms with van der Waals surface area (Å²) in [6, 6.07) is 12.5. The van der Waals surface area contributed by atoms with E-state index in [2.05, 4.69) is 10.3 Å². The van der Waals surface area contributed by atoms with Crippen molar-refractivity contribution in [3.8, 4) is 5.75 Å². The molecule has 0 saturated heterocycles. The predicted octanol–water partition coefficient (Wildman–Crippen LogP) is 4.80. The fraction of sp³-hybridized carbons (Fsp3) is 0.364. The minimum absolute atomic E-state index is 0.0328. The number of likely N-dealkylation sites (N-methyl/N-ethyl adjacent to an activating group) is 1. The fourth-order valence-corrected chi connectivity index (χ4v) is 6.46. The number of rotatable bonds is 13. The molecule has 3 atom stereocenters. The van der Waals surface area contributed by atoms with Crippen molar-refractivity contribution in [2.24, 2.45) is 17.1 Å². The van der Waals surface area contributed by atoms with Crippen LogP contribution in [0.3, 0.4) is 0 Å². The van der Waals surface area contributed by atoms with Gasteiger partial charge >= 0.3 is 6.18 Å². The molecule has 4 N–H and O–H groups in total. The molecule has 0 saturated carbocycles. The van der Waals surface area contributed by atoms with Crippen LogP contribution < -0.4 is 15.8 Å². The molecule has 0 fully saturated rings. The molecule has 45 heavy (non-hydrogen) atoms. The third-order valence-electron chi connectivity index (χ3n) is 7.99. The highest BCUT2D eigenvalue weighted by atomic mass is 32.1. The van der Waals surface area contributed by atoms with Gasteiger partial charge < -0.3 is 25.8 Å². The van der Waals surface area contributed by atoms with Crippen LogP contribution in [0.5, 0.6) is 5.75 Å². The molecule has 240 valence electrons. The molecule has 2 amide bonds. The summed E-state index contributed by atoms with van der Waals surface area (Å²) in [4.78, 5) is 32.8. The van der Waals surface area contributed by atoms with Crippen LogP contribution in [-0.2, 0) is 35.3 Å². The molecule has 3 aromatic rings. The van der Waals surface area contributed by atoms with Crippen molar-refractivity contribution < 1.29 is 32.6 Å². The second-order valence-electron chi connectivity index (χ2n) is 11.2. The number of methoxy groups -OCH3 is 1. The molecule has 12 heteroatoms. The number of carbonyl (C=O) groups is 2. The Morgan fingerprint density at radius 2 is 1.96 bits per heavy atom. The molecule has 1 aromatic heterocycles. The van der Waals surface area contributed by atoms with Gasteiger partial charge in [-0.1, -0.05) is 48.6 Å². The lowest BCUT2D eigenvalue weighted by molar-refractivity contribution is -0.137. The number of hydrogen-bond acceptors (Lipinski definition) is 7. The van der Waals surface area contributed by atoms with Crippen LogP contribution in [0.15, 0.2) is 77.7 Å². The summed E-state index contributed by atoms with van der Waals surface area (Å²) >= 11 is 1.45. The van der Waals surface area contributed by atoms with Crippen molar-refractivity contribution in [1.82, 2.24) is 15.2 Å². The zero-order valence-electron chi connectivity index (χ0n) is 25.3. The van der Waals surface area contributed by atoms with Gasteiger partial charge in [-0.25, -0.2) is 4.98 Å². The number of ether oxygens (including phenoxy) is 1. The van der Waals surface area contributed by atoms with Crippen LogP contribution in [0.25, 0.3) is 0 Å². The smallest absolute Gasteiger partial charge is 0.416 e. The molecule has 1 aliphatic rings. The van der Waals surface area contributed by atoms with E-state index in [1.807, 2.05) is 42.6 Å². The van der Waals surface area contributed by atoms with E-state index < -0.39 is 35.1 Å². The van der Waals surface area contributed by atoms with E-state index in [9.17, 15) is 27.9 Å². The fourth-order valence-electron chi connectivity index (χ4n) is 5.64. The van der Waals surface area contributed by atoms with Gasteiger partial charge in [-0.2, -0.15) is 13.2 Å². The Bertz CT molecular complexity index is 1560. The lowest BCUT2D eigenvalue weighted by Crippen LogP contribution is -2.51. The van der Waals surface area contributed by atoms with Crippen molar-refractivity contribution in [3.05, 3.63) is 105 Å². The Morgan fingerprint density at radius 1 is 1.22 bits per heavy atom. The summed E-state index contributed by atoms with van der Waals surface area (Å²) in [6.45, 7) is 2.06. The minimum Gasteiger partial charge on any atom is -0.496 e. The summed E-state index contributed by atoms with van der Waals surface area (Å²) in [7, 11) is 3.02. The van der Waals surface area contributed by atoms with Gasteiger partial charge in [0.25, 0.3) is 0 Å². The van der Waals surface area contributed by atoms with Gasteiger partial charge in [0.05, 0.1) is 30.7 Å². The number of alkyl halides is 3. The maximum Gasteiger partial charge on any atom is 0.416 e. The Labute approximate surface area is 264 Å². The Morgan fingerprint density at radius 3 is 2.58 bits per heavy atom. The number of halogens is 3. The van der Waals surface area contributed by atoms with Crippen LogP contribution >= 0.6 is 11.3 Å². The number of aryl methyl sites for hydroxylation is 1. The van der Waals surface area contributed by atoms with Gasteiger partial charge in [0, 0.05) is 48.3 Å². The summed E-state index contributed by atoms with van der Waals surface area (Å²) in [5.74, 6) is -1.51. The van der Waals surface area contributed by atoms with Crippen LogP contribution in [-0.4, -0.2) is 53.6 Å². The van der Waals surface area contributed by atoms with Gasteiger partial charge in [0.1, 0.15) is 10.8 Å². The van der Waals surface area contributed by atoms with Crippen LogP contribution in [0, 0.1) is 18.3 Å². The minimum atomic E-state index is -4.53. The average molecular weight is 643 g/mol. The van der Waals surface area contributed by atoms with E-state index in [1.165, 1.54) is 29.4 Å². The maximum absolute atomic E-state index is 13.5. The number of benzene rings is 2. The first-order valence-corrected chi connectivity index (χ1v) is 15.2. The zero-order chi connectivity index (χ0) is 32.8. The molecule has 1 heterocycles. The van der Waals surface area contributed by atoms with Gasteiger partial charge in [0.2, 0.25) is 11.8 Å². The van der Waals surface area contributed by atoms with Crippen molar-refractivity contribution in [2.75, 3.05) is 20.7 Å². The molecular formula is C33H37F3N4O4S. The van der Waals surface area contributed by atoms with Gasteiger partial charge in [-0.15, -0.1) is 11.3 Å². The van der Waals surface area contributed by atoms with Crippen molar-refractivity contribution >= 4 is 23.2 Å². The number of aliphatic hydroxyl groups excluding tert-OH is 1. The van der Waals surface area contributed by atoms with E-state index in [0.29, 0.717) is 12.1 Å². The third kappa shape index (κ3) is 8.19. The topological polar surface area (TPSA) is 118 Å². The summed E-state index contributed by atoms with van der Waals surface area (Å²) in [5.41, 5.74) is 6.15. The van der Waals surface area contributed by atoms with Crippen molar-refractivity contribution in [2.45, 2.75) is 45.1 Å². The van der Waals surface area contributed by atoms with Crippen LogP contribution in [0.2, 0.25) is 0 Å². The SMILES string of the molecule is COc1ccc(C(F)(F)F)cc1CNC[C@H](O)[C@@H](Cc1ccccc1)C1(C(N)=O)C=CC=C(C(=O)N(C)Cc2nc(C)cs2)C1. The molecule has 8 nitrogen and oxygen atoms in total. The third-order valence-corrected chi connectivity index (χ3v) is 8.95. The van der Waals surface area contributed by atoms with E-state index in [4.69, 9.17) is 10.5 Å². The molecule has 1 aliphatic carbocycles. The average Bonchev–Trinajstić information content (AvgIpc) is 3.43. The monoisotopic (exact) mass is 642 g/mol. The Balaban J connectivity index is 1.57. The molecule has 4 rings (SSSR count). The van der Waals surface area contributed by atoms with E-state index in [-0.39, 0.29) is 43.2 Å². The number of thiazole rings is 1. The lowest BCUT2D eigenvalue weighted by atomic mass is 9.64. The second-order valence-corrected chi connectivity index (χ2v) is 12.1. The first kappa shape index (κ1) is 33.9. The molecule has 0 aliphatic heterocycles. The standard InChI is InChI=1S/C33H37F3N4O4S/c1-21-20-45-29(39-21)19-40(2)30(42)23-10-7-13-32(16-23,31(37)43)26(14-22-8-5-4-6-9-22)27(41)18-38-17-24-15-25(33(34,35)36)11-12-28(24)44-3/h4-13,15,20,26-27,38,41H,14,16-19H2,1-3H3,(H2,37,43)/t26-,27+,32?/m1/s1. The highest BCUT2D eigenvalue weighted by molar-refractivity contribution is 7.09. The first-order valence-electron chi connectivity index (χ1n) is 14.4. The number of amides is 2. The zero-order valence-corrected chi connectivity index (χ0v) is 26.1. The highest BCUT2D eigenvalue weighted by Crippen LogP contribution is 2.43. The number of aliphatic hydroxyl groups is 1. The first-order chi connectivity index (χ1) is 21.3. The quantitative estimate of drug-likeness (QED) is 0.247. The van der Waals surface area contributed by atoms with E-state index in [1.54, 1.807) is 25.3 Å². The number of allylic oxidation sites excluding steroid dienone is 2. The summed E-state index contributed by atoms with van der Waals surface area (Å²) < 4.78 is 45.3. The maximum atomic E-state index is 13.5. The number of carbonyl (C=O) groups excluding carboxylic acids is 2. The van der Waals surface area contributed by atoms with Gasteiger partial charge in [-0.3, -0.25) is 9.59 Å². The Kier molecular flexibility index (Phi) is 10.8. The summed E-state index contributed by atoms with van der Waals surface area (Å²) in [6.07, 6.45) is -0.577. The van der Waals surface area contributed by atoms with Crippen LogP contribution in [0.4, 0.5) is 13.2 Å². The Hall–Kier alpha value is -4.00. The number of aromatic nitrogens is 1. The molecule has 0 bridgehead atoms. The highest BCUT2D eigenvalue weighted by Gasteiger charge is 2.47. The lowest BCUT2D eigenvalue weighted by Gasteiger charge is -2.41. The molecule has 1 unspecified atom stereocenters.